The summed E-state index contributed by atoms with van der Waals surface area (Å²) in [6.07, 6.45) is 3.78. The lowest BCUT2D eigenvalue weighted by atomic mass is 9.95. The monoisotopic (exact) mass is 520 g/mol. The third kappa shape index (κ3) is 4.14. The summed E-state index contributed by atoms with van der Waals surface area (Å²) in [5, 5.41) is 4.00. The summed E-state index contributed by atoms with van der Waals surface area (Å²) in [6, 6.07) is 24.0. The summed E-state index contributed by atoms with van der Waals surface area (Å²) in [4.78, 5) is 36.1. The summed E-state index contributed by atoms with van der Waals surface area (Å²) in [5.41, 5.74) is 4.11. The van der Waals surface area contributed by atoms with Crippen LogP contribution in [0.3, 0.4) is 0 Å². The molecule has 1 aliphatic rings. The number of aromatic nitrogens is 2. The predicted octanol–water partition coefficient (Wildman–Crippen LogP) is 4.36. The zero-order chi connectivity index (χ0) is 26.2. The lowest BCUT2D eigenvalue weighted by molar-refractivity contribution is -0.113. The largest absolute Gasteiger partial charge is 0.497 e. The molecule has 3 heterocycles. The number of allylic oxidation sites excluding steroid dienone is 1. The van der Waals surface area contributed by atoms with Gasteiger partial charge < -0.3 is 15.0 Å². The van der Waals surface area contributed by atoms with Gasteiger partial charge in [0.05, 0.1) is 29.0 Å². The van der Waals surface area contributed by atoms with Gasteiger partial charge in [0.15, 0.2) is 4.80 Å². The Balaban J connectivity index is 1.53. The first-order chi connectivity index (χ1) is 18.5. The number of anilines is 1. The maximum atomic E-state index is 13.9. The molecule has 1 aliphatic heterocycles. The number of amides is 1. The molecular formula is C30H24N4O3S. The van der Waals surface area contributed by atoms with Crippen molar-refractivity contribution < 1.29 is 9.53 Å². The number of para-hydroxylation sites is 2. The van der Waals surface area contributed by atoms with E-state index in [1.54, 1.807) is 11.7 Å². The van der Waals surface area contributed by atoms with Crippen LogP contribution in [-0.4, -0.2) is 22.6 Å². The van der Waals surface area contributed by atoms with Crippen LogP contribution in [0.1, 0.15) is 24.1 Å². The minimum atomic E-state index is -0.671. The normalized spacial score (nSPS) is 15.3. The number of H-pyrrole nitrogens is 1. The summed E-state index contributed by atoms with van der Waals surface area (Å²) < 4.78 is 7.62. The Bertz CT molecular complexity index is 1900. The topological polar surface area (TPSA) is 88.5 Å². The van der Waals surface area contributed by atoms with Crippen LogP contribution in [0.2, 0.25) is 0 Å². The molecule has 0 spiro atoms. The average Bonchev–Trinajstić information content (AvgIpc) is 3.48. The molecule has 0 saturated carbocycles. The zero-order valence-electron chi connectivity index (χ0n) is 20.8. The summed E-state index contributed by atoms with van der Waals surface area (Å²) in [6.45, 7) is 1.81. The summed E-state index contributed by atoms with van der Waals surface area (Å²) in [5.74, 6) is 0.331. The minimum Gasteiger partial charge on any atom is -0.497 e. The van der Waals surface area contributed by atoms with Crippen molar-refractivity contribution in [3.05, 3.63) is 127 Å². The molecule has 6 rings (SSSR count). The molecular weight excluding hydrogens is 496 g/mol. The number of aromatic amines is 1. The Kier molecular flexibility index (Phi) is 6.01. The van der Waals surface area contributed by atoms with Gasteiger partial charge in [0.25, 0.3) is 11.5 Å². The van der Waals surface area contributed by atoms with Crippen LogP contribution in [0, 0.1) is 0 Å². The third-order valence-electron chi connectivity index (χ3n) is 6.62. The molecule has 2 N–H and O–H groups in total. The van der Waals surface area contributed by atoms with Crippen LogP contribution in [0.4, 0.5) is 5.69 Å². The van der Waals surface area contributed by atoms with Gasteiger partial charge in [-0.2, -0.15) is 0 Å². The quantitative estimate of drug-likeness (QED) is 0.361. The fourth-order valence-electron chi connectivity index (χ4n) is 4.81. The van der Waals surface area contributed by atoms with Gasteiger partial charge in [-0.1, -0.05) is 59.9 Å². The van der Waals surface area contributed by atoms with Crippen molar-refractivity contribution in [3.8, 4) is 5.75 Å². The molecule has 0 aliphatic carbocycles. The van der Waals surface area contributed by atoms with Crippen molar-refractivity contribution in [2.24, 2.45) is 4.99 Å². The van der Waals surface area contributed by atoms with E-state index in [1.165, 1.54) is 11.3 Å². The standard InChI is InChI=1S/C30H24N4O3S/c1-18-26(28(35)33-21-10-4-3-5-11-21)27(19-9-8-12-22(15-19)37-2)34-29(36)25(38-30(34)32-18)16-20-17-31-24-14-7-6-13-23(20)24/h3-17,27,31H,1-2H3,(H,33,35)/b25-16-/t27-/m0/s1. The van der Waals surface area contributed by atoms with Gasteiger partial charge in [0.1, 0.15) is 5.75 Å². The highest BCUT2D eigenvalue weighted by Gasteiger charge is 2.32. The zero-order valence-corrected chi connectivity index (χ0v) is 21.6. The summed E-state index contributed by atoms with van der Waals surface area (Å²) >= 11 is 1.32. The van der Waals surface area contributed by atoms with Crippen LogP contribution in [0.5, 0.6) is 5.75 Å². The Morgan fingerprint density at radius 1 is 1.08 bits per heavy atom. The van der Waals surface area contributed by atoms with E-state index in [1.807, 2.05) is 98.1 Å². The van der Waals surface area contributed by atoms with E-state index in [2.05, 4.69) is 10.3 Å². The number of methoxy groups -OCH3 is 1. The van der Waals surface area contributed by atoms with Crippen molar-refractivity contribution in [3.63, 3.8) is 0 Å². The molecule has 0 radical (unpaired) electrons. The second-order valence-electron chi connectivity index (χ2n) is 8.97. The number of nitrogens with one attached hydrogen (secondary N) is 2. The van der Waals surface area contributed by atoms with Gasteiger partial charge in [0, 0.05) is 28.4 Å². The molecule has 1 amide bonds. The number of hydrogen-bond acceptors (Lipinski definition) is 5. The molecule has 0 bridgehead atoms. The van der Waals surface area contributed by atoms with E-state index >= 15 is 0 Å². The third-order valence-corrected chi connectivity index (χ3v) is 7.60. The first-order valence-corrected chi connectivity index (χ1v) is 12.9. The second-order valence-corrected chi connectivity index (χ2v) is 9.98. The highest BCUT2D eigenvalue weighted by molar-refractivity contribution is 7.07. The fourth-order valence-corrected chi connectivity index (χ4v) is 5.85. The molecule has 0 saturated heterocycles. The maximum absolute atomic E-state index is 13.9. The number of ether oxygens (including phenoxy) is 1. The van der Waals surface area contributed by atoms with E-state index in [9.17, 15) is 9.59 Å². The predicted molar refractivity (Wildman–Crippen MR) is 150 cm³/mol. The van der Waals surface area contributed by atoms with E-state index in [4.69, 9.17) is 9.73 Å². The van der Waals surface area contributed by atoms with Gasteiger partial charge in [-0.3, -0.25) is 14.2 Å². The number of hydrogen-bond donors (Lipinski definition) is 2. The van der Waals surface area contributed by atoms with Gasteiger partial charge in [-0.05, 0) is 48.9 Å². The Morgan fingerprint density at radius 3 is 2.68 bits per heavy atom. The average molecular weight is 521 g/mol. The smallest absolute Gasteiger partial charge is 0.271 e. The molecule has 7 nitrogen and oxygen atoms in total. The number of rotatable bonds is 5. The van der Waals surface area contributed by atoms with Gasteiger partial charge in [0.2, 0.25) is 0 Å². The Hall–Kier alpha value is -4.69. The Labute approximate surface area is 222 Å². The molecule has 8 heteroatoms. The van der Waals surface area contributed by atoms with E-state index in [0.717, 1.165) is 22.0 Å². The van der Waals surface area contributed by atoms with Crippen LogP contribution >= 0.6 is 11.3 Å². The minimum absolute atomic E-state index is 0.204. The first-order valence-electron chi connectivity index (χ1n) is 12.1. The molecule has 188 valence electrons. The van der Waals surface area contributed by atoms with Gasteiger partial charge in [-0.15, -0.1) is 0 Å². The molecule has 38 heavy (non-hydrogen) atoms. The van der Waals surface area contributed by atoms with Gasteiger partial charge in [-0.25, -0.2) is 4.99 Å². The van der Waals surface area contributed by atoms with Crippen LogP contribution in [0.15, 0.2) is 106 Å². The van der Waals surface area contributed by atoms with E-state index in [0.29, 0.717) is 32.0 Å². The molecule has 0 unspecified atom stereocenters. The van der Waals surface area contributed by atoms with Crippen LogP contribution in [-0.2, 0) is 4.79 Å². The van der Waals surface area contributed by atoms with Crippen molar-refractivity contribution >= 4 is 39.9 Å². The van der Waals surface area contributed by atoms with E-state index < -0.39 is 6.04 Å². The highest BCUT2D eigenvalue weighted by Crippen LogP contribution is 2.32. The lowest BCUT2D eigenvalue weighted by Gasteiger charge is -2.25. The number of benzene rings is 3. The maximum Gasteiger partial charge on any atom is 0.271 e. The second kappa shape index (κ2) is 9.64. The van der Waals surface area contributed by atoms with E-state index in [-0.39, 0.29) is 11.5 Å². The molecule has 5 aromatic rings. The van der Waals surface area contributed by atoms with Crippen molar-refractivity contribution in [1.82, 2.24) is 9.55 Å². The van der Waals surface area contributed by atoms with Crippen LogP contribution in [0.25, 0.3) is 17.0 Å². The van der Waals surface area contributed by atoms with Crippen molar-refractivity contribution in [1.29, 1.82) is 0 Å². The number of nitrogens with zero attached hydrogens (tertiary/aromatic N) is 2. The number of fused-ring (bicyclic) bond motifs is 2. The molecule has 1 atom stereocenters. The summed E-state index contributed by atoms with van der Waals surface area (Å²) in [7, 11) is 1.59. The first kappa shape index (κ1) is 23.7. The lowest BCUT2D eigenvalue weighted by Crippen LogP contribution is -2.40. The molecule has 0 fully saturated rings. The van der Waals surface area contributed by atoms with Crippen molar-refractivity contribution in [2.45, 2.75) is 13.0 Å². The highest BCUT2D eigenvalue weighted by atomic mass is 32.1. The fraction of sp³-hybridized carbons (Fsp3) is 0.100. The molecule has 3 aromatic carbocycles. The number of thiazole rings is 1. The SMILES string of the molecule is COc1cccc([C@H]2C(C(=O)Nc3ccccc3)=C(C)N=c3s/c(=C\c4c[nH]c5ccccc45)c(=O)n32)c1. The number of carbonyl (C=O) groups is 1. The van der Waals surface area contributed by atoms with Gasteiger partial charge >= 0.3 is 0 Å². The van der Waals surface area contributed by atoms with Crippen molar-refractivity contribution in [2.75, 3.05) is 12.4 Å². The Morgan fingerprint density at radius 2 is 1.87 bits per heavy atom. The number of carbonyl (C=O) groups excluding carboxylic acids is 1. The van der Waals surface area contributed by atoms with Crippen LogP contribution < -0.4 is 24.9 Å². The molecule has 2 aromatic heterocycles.